The highest BCUT2D eigenvalue weighted by Gasteiger charge is 2.25. The maximum Gasteiger partial charge on any atom is 0.254 e. The molecule has 0 aliphatic carbocycles. The van der Waals surface area contributed by atoms with Crippen LogP contribution in [0, 0.1) is 12.8 Å². The van der Waals surface area contributed by atoms with Gasteiger partial charge in [0, 0.05) is 34.8 Å². The van der Waals surface area contributed by atoms with Crippen molar-refractivity contribution in [2.24, 2.45) is 5.92 Å². The molecule has 1 saturated heterocycles. The number of thiazole rings is 1. The van der Waals surface area contributed by atoms with Gasteiger partial charge < -0.3 is 4.90 Å². The second-order valence-corrected chi connectivity index (χ2v) is 8.97. The number of likely N-dealkylation sites (tertiary alicyclic amines) is 1. The van der Waals surface area contributed by atoms with Crippen LogP contribution in [-0.4, -0.2) is 40.9 Å². The number of nitrogens with zero attached hydrogens (tertiary/aromatic N) is 2. The Labute approximate surface area is 156 Å². The molecule has 0 saturated carbocycles. The van der Waals surface area contributed by atoms with Crippen molar-refractivity contribution in [2.45, 2.75) is 29.0 Å². The van der Waals surface area contributed by atoms with Gasteiger partial charge in [0.05, 0.1) is 5.56 Å². The highest BCUT2D eigenvalue weighted by molar-refractivity contribution is 8.01. The lowest BCUT2D eigenvalue weighted by atomic mass is 9.98. The maximum absolute atomic E-state index is 12.8. The average Bonchev–Trinajstić information content (AvgIpc) is 3.05. The lowest BCUT2D eigenvalue weighted by Gasteiger charge is -2.32. The minimum atomic E-state index is 0.182. The Kier molecular flexibility index (Phi) is 6.25. The summed E-state index contributed by atoms with van der Waals surface area (Å²) >= 11 is 5.23. The molecule has 1 fully saturated rings. The minimum absolute atomic E-state index is 0.182. The molecule has 2 aromatic rings. The molecule has 0 bridgehead atoms. The van der Waals surface area contributed by atoms with Crippen molar-refractivity contribution in [2.75, 3.05) is 25.1 Å². The van der Waals surface area contributed by atoms with Crippen molar-refractivity contribution in [3.63, 3.8) is 0 Å². The van der Waals surface area contributed by atoms with Crippen LogP contribution in [0.15, 0.2) is 38.9 Å². The summed E-state index contributed by atoms with van der Waals surface area (Å²) in [6, 6.07) is 7.91. The van der Waals surface area contributed by atoms with Crippen molar-refractivity contribution >= 4 is 40.8 Å². The maximum atomic E-state index is 12.8. The molecule has 1 aromatic heterocycles. The average molecular weight is 379 g/mol. The number of hydrogen-bond acceptors (Lipinski definition) is 5. The number of aromatic nitrogens is 1. The Balaban J connectivity index is 1.52. The van der Waals surface area contributed by atoms with E-state index in [-0.39, 0.29) is 5.91 Å². The van der Waals surface area contributed by atoms with Crippen LogP contribution >= 0.6 is 34.9 Å². The summed E-state index contributed by atoms with van der Waals surface area (Å²) in [7, 11) is 0. The SMILES string of the molecule is CSc1ccccc1C(=O)N1CCC(CSc2nc(C)cs2)CC1. The molecule has 1 aliphatic rings. The van der Waals surface area contributed by atoms with E-state index in [1.807, 2.05) is 54.1 Å². The Morgan fingerprint density at radius 2 is 2.08 bits per heavy atom. The standard InChI is InChI=1S/C18H22N2OS3/c1-13-11-23-18(19-13)24-12-14-7-9-20(10-8-14)17(21)15-5-3-4-6-16(15)22-2/h3-6,11,14H,7-10,12H2,1-2H3. The third kappa shape index (κ3) is 4.35. The Morgan fingerprint density at radius 3 is 2.75 bits per heavy atom. The van der Waals surface area contributed by atoms with E-state index in [4.69, 9.17) is 0 Å². The van der Waals surface area contributed by atoms with Gasteiger partial charge in [0.25, 0.3) is 5.91 Å². The Hall–Kier alpha value is -0.980. The van der Waals surface area contributed by atoms with Crippen LogP contribution < -0.4 is 0 Å². The summed E-state index contributed by atoms with van der Waals surface area (Å²) in [6.45, 7) is 3.77. The van der Waals surface area contributed by atoms with E-state index in [1.165, 1.54) is 4.34 Å². The Morgan fingerprint density at radius 1 is 1.33 bits per heavy atom. The second-order valence-electron chi connectivity index (χ2n) is 6.00. The highest BCUT2D eigenvalue weighted by Crippen LogP contribution is 2.29. The van der Waals surface area contributed by atoms with Gasteiger partial charge in [0.15, 0.2) is 0 Å². The van der Waals surface area contributed by atoms with Crippen LogP contribution in [0.3, 0.4) is 0 Å². The summed E-state index contributed by atoms with van der Waals surface area (Å²) in [5, 5.41) is 2.10. The molecule has 128 valence electrons. The lowest BCUT2D eigenvalue weighted by molar-refractivity contribution is 0.0695. The molecule has 0 atom stereocenters. The van der Waals surface area contributed by atoms with Gasteiger partial charge in [-0.15, -0.1) is 23.1 Å². The van der Waals surface area contributed by atoms with Gasteiger partial charge in [0.1, 0.15) is 4.34 Å². The van der Waals surface area contributed by atoms with Gasteiger partial charge in [-0.25, -0.2) is 4.98 Å². The second kappa shape index (κ2) is 8.41. The number of benzene rings is 1. The largest absolute Gasteiger partial charge is 0.339 e. The molecule has 2 heterocycles. The summed E-state index contributed by atoms with van der Waals surface area (Å²) in [5.41, 5.74) is 1.95. The molecule has 24 heavy (non-hydrogen) atoms. The molecule has 6 heteroatoms. The zero-order valence-electron chi connectivity index (χ0n) is 14.0. The number of hydrogen-bond donors (Lipinski definition) is 0. The fraction of sp³-hybridized carbons (Fsp3) is 0.444. The Bertz CT molecular complexity index is 693. The predicted molar refractivity (Wildman–Crippen MR) is 104 cm³/mol. The van der Waals surface area contributed by atoms with E-state index >= 15 is 0 Å². The lowest BCUT2D eigenvalue weighted by Crippen LogP contribution is -2.39. The highest BCUT2D eigenvalue weighted by atomic mass is 32.2. The van der Waals surface area contributed by atoms with E-state index in [0.717, 1.165) is 47.8 Å². The van der Waals surface area contributed by atoms with Crippen molar-refractivity contribution in [3.8, 4) is 0 Å². The first-order valence-electron chi connectivity index (χ1n) is 8.14. The molecule has 1 aliphatic heterocycles. The molecule has 3 rings (SSSR count). The van der Waals surface area contributed by atoms with Crippen molar-refractivity contribution in [1.29, 1.82) is 0 Å². The number of thioether (sulfide) groups is 2. The van der Waals surface area contributed by atoms with Gasteiger partial charge >= 0.3 is 0 Å². The first-order valence-corrected chi connectivity index (χ1v) is 11.2. The fourth-order valence-corrected chi connectivity index (χ4v) is 5.53. The fourth-order valence-electron chi connectivity index (χ4n) is 2.88. The predicted octanol–water partition coefficient (Wildman–Crippen LogP) is 4.82. The van der Waals surface area contributed by atoms with Gasteiger partial charge in [-0.05, 0) is 44.1 Å². The third-order valence-corrected chi connectivity index (χ3v) is 7.45. The van der Waals surface area contributed by atoms with Crippen molar-refractivity contribution in [1.82, 2.24) is 9.88 Å². The summed E-state index contributed by atoms with van der Waals surface area (Å²) in [5.74, 6) is 1.97. The number of aryl methyl sites for hydroxylation is 1. The zero-order chi connectivity index (χ0) is 16.9. The quantitative estimate of drug-likeness (QED) is 0.699. The summed E-state index contributed by atoms with van der Waals surface area (Å²) < 4.78 is 1.17. The molecule has 1 amide bonds. The number of carbonyl (C=O) groups is 1. The minimum Gasteiger partial charge on any atom is -0.339 e. The van der Waals surface area contributed by atoms with E-state index in [9.17, 15) is 4.79 Å². The summed E-state index contributed by atoms with van der Waals surface area (Å²) in [4.78, 5) is 20.4. The van der Waals surface area contributed by atoms with E-state index in [0.29, 0.717) is 5.92 Å². The summed E-state index contributed by atoms with van der Waals surface area (Å²) in [6.07, 6.45) is 4.20. The molecule has 0 radical (unpaired) electrons. The molecule has 0 spiro atoms. The van der Waals surface area contributed by atoms with E-state index in [1.54, 1.807) is 23.1 Å². The molecular weight excluding hydrogens is 356 g/mol. The first kappa shape index (κ1) is 17.8. The van der Waals surface area contributed by atoms with Crippen LogP contribution in [0.2, 0.25) is 0 Å². The van der Waals surface area contributed by atoms with Gasteiger partial charge in [-0.2, -0.15) is 0 Å². The molecule has 3 nitrogen and oxygen atoms in total. The van der Waals surface area contributed by atoms with Crippen molar-refractivity contribution in [3.05, 3.63) is 40.9 Å². The third-order valence-electron chi connectivity index (χ3n) is 4.28. The van der Waals surface area contributed by atoms with Crippen LogP contribution in [0.4, 0.5) is 0 Å². The zero-order valence-corrected chi connectivity index (χ0v) is 16.5. The topological polar surface area (TPSA) is 33.2 Å². The molecule has 0 unspecified atom stereocenters. The van der Waals surface area contributed by atoms with Crippen LogP contribution in [0.1, 0.15) is 28.9 Å². The van der Waals surface area contributed by atoms with E-state index in [2.05, 4.69) is 10.4 Å². The number of carbonyl (C=O) groups excluding carboxylic acids is 1. The first-order chi connectivity index (χ1) is 11.7. The van der Waals surface area contributed by atoms with Crippen LogP contribution in [0.5, 0.6) is 0 Å². The monoisotopic (exact) mass is 378 g/mol. The van der Waals surface area contributed by atoms with Gasteiger partial charge in [-0.1, -0.05) is 23.9 Å². The number of piperidine rings is 1. The molecular formula is C18H22N2OS3. The van der Waals surface area contributed by atoms with Crippen molar-refractivity contribution < 1.29 is 4.79 Å². The number of amides is 1. The van der Waals surface area contributed by atoms with Crippen LogP contribution in [0.25, 0.3) is 0 Å². The van der Waals surface area contributed by atoms with Gasteiger partial charge in [-0.3, -0.25) is 4.79 Å². The smallest absolute Gasteiger partial charge is 0.254 e. The molecule has 0 N–H and O–H groups in total. The van der Waals surface area contributed by atoms with Gasteiger partial charge in [0.2, 0.25) is 0 Å². The molecule has 1 aromatic carbocycles. The van der Waals surface area contributed by atoms with Crippen LogP contribution in [-0.2, 0) is 0 Å². The van der Waals surface area contributed by atoms with E-state index < -0.39 is 0 Å². The number of rotatable bonds is 5. The normalized spacial score (nSPS) is 15.7.